The lowest BCUT2D eigenvalue weighted by Gasteiger charge is -2.09. The van der Waals surface area contributed by atoms with E-state index >= 15 is 0 Å². The number of nitrogens with zero attached hydrogens (tertiary/aromatic N) is 4. The third-order valence-corrected chi connectivity index (χ3v) is 2.22. The topological polar surface area (TPSA) is 79.4 Å². The van der Waals surface area contributed by atoms with Gasteiger partial charge in [0.05, 0.1) is 10.5 Å². The van der Waals surface area contributed by atoms with Crippen LogP contribution in [0.4, 0.5) is 5.95 Å². The molecule has 0 aliphatic heterocycles. The van der Waals surface area contributed by atoms with Crippen molar-refractivity contribution >= 4 is 21.9 Å². The lowest BCUT2D eigenvalue weighted by atomic mass is 10.3. The Morgan fingerprint density at radius 3 is 2.67 bits per heavy atom. The molecule has 0 saturated heterocycles. The van der Waals surface area contributed by atoms with Crippen LogP contribution in [0.5, 0.6) is 0 Å². The molecule has 0 aliphatic rings. The molecule has 2 N–H and O–H groups in total. The molecule has 2 aromatic rings. The number of hydrogen-bond acceptors (Lipinski definition) is 5. The quantitative estimate of drug-likeness (QED) is 0.883. The highest BCUT2D eigenvalue weighted by molar-refractivity contribution is 9.10. The summed E-state index contributed by atoms with van der Waals surface area (Å²) in [5, 5.41) is 9.65. The number of rotatable bonds is 3. The highest BCUT2D eigenvalue weighted by atomic mass is 79.9. The number of halogens is 1. The third kappa shape index (κ3) is 2.50. The van der Waals surface area contributed by atoms with Gasteiger partial charge in [-0.05, 0) is 22.9 Å². The maximum Gasteiger partial charge on any atom is 0.223 e. The summed E-state index contributed by atoms with van der Waals surface area (Å²) in [6.07, 6.45) is 4.83. The van der Waals surface area contributed by atoms with E-state index in [9.17, 15) is 0 Å². The summed E-state index contributed by atoms with van der Waals surface area (Å²) in [5.74, 6) is 1.31. The van der Waals surface area contributed by atoms with Gasteiger partial charge in [-0.3, -0.25) is 5.10 Å². The molecule has 0 saturated carbocycles. The molecule has 2 aromatic heterocycles. The van der Waals surface area contributed by atoms with Crippen LogP contribution in [0.15, 0.2) is 23.2 Å². The van der Waals surface area contributed by atoms with Crippen molar-refractivity contribution in [2.75, 3.05) is 5.32 Å². The van der Waals surface area contributed by atoms with Crippen LogP contribution in [0.1, 0.15) is 18.8 Å². The monoisotopic (exact) mass is 268 g/mol. The molecule has 1 unspecified atom stereocenters. The molecular formula is C8H9BrN6. The minimum atomic E-state index is -0.00586. The van der Waals surface area contributed by atoms with E-state index in [1.54, 1.807) is 12.4 Å². The minimum absolute atomic E-state index is 0.00586. The Labute approximate surface area is 94.7 Å². The summed E-state index contributed by atoms with van der Waals surface area (Å²) >= 11 is 3.27. The smallest absolute Gasteiger partial charge is 0.223 e. The van der Waals surface area contributed by atoms with Crippen LogP contribution >= 0.6 is 15.9 Å². The second kappa shape index (κ2) is 4.35. The summed E-state index contributed by atoms with van der Waals surface area (Å²) in [6.45, 7) is 1.95. The average Bonchev–Trinajstić information content (AvgIpc) is 2.74. The van der Waals surface area contributed by atoms with Gasteiger partial charge in [0.2, 0.25) is 5.95 Å². The van der Waals surface area contributed by atoms with Gasteiger partial charge in [-0.15, -0.1) is 0 Å². The van der Waals surface area contributed by atoms with Crippen molar-refractivity contribution in [3.63, 3.8) is 0 Å². The van der Waals surface area contributed by atoms with Gasteiger partial charge < -0.3 is 5.32 Å². The van der Waals surface area contributed by atoms with Gasteiger partial charge >= 0.3 is 0 Å². The van der Waals surface area contributed by atoms with Crippen LogP contribution in [0.3, 0.4) is 0 Å². The predicted octanol–water partition coefficient (Wildman–Crippen LogP) is 1.53. The van der Waals surface area contributed by atoms with Crippen molar-refractivity contribution in [2.45, 2.75) is 13.0 Å². The van der Waals surface area contributed by atoms with Crippen LogP contribution in [0.25, 0.3) is 0 Å². The highest BCUT2D eigenvalue weighted by Gasteiger charge is 2.08. The SMILES string of the molecule is CC(Nc1ncc(Br)cn1)c1ncn[nH]1. The molecule has 7 heteroatoms. The van der Waals surface area contributed by atoms with E-state index in [1.165, 1.54) is 6.33 Å². The number of aromatic amines is 1. The molecule has 0 radical (unpaired) electrons. The predicted molar refractivity (Wildman–Crippen MR) is 58.2 cm³/mol. The molecule has 0 bridgehead atoms. The van der Waals surface area contributed by atoms with Crippen molar-refractivity contribution < 1.29 is 0 Å². The highest BCUT2D eigenvalue weighted by Crippen LogP contribution is 2.12. The van der Waals surface area contributed by atoms with Crippen molar-refractivity contribution in [3.8, 4) is 0 Å². The molecule has 15 heavy (non-hydrogen) atoms. The number of anilines is 1. The van der Waals surface area contributed by atoms with Crippen LogP contribution in [-0.4, -0.2) is 25.1 Å². The van der Waals surface area contributed by atoms with Gasteiger partial charge in [-0.25, -0.2) is 15.0 Å². The molecule has 2 heterocycles. The van der Waals surface area contributed by atoms with Crippen molar-refractivity contribution in [3.05, 3.63) is 29.0 Å². The zero-order valence-corrected chi connectivity index (χ0v) is 9.56. The van der Waals surface area contributed by atoms with E-state index in [-0.39, 0.29) is 6.04 Å². The summed E-state index contributed by atoms with van der Waals surface area (Å²) in [6, 6.07) is -0.00586. The second-order valence-corrected chi connectivity index (χ2v) is 3.88. The molecular weight excluding hydrogens is 260 g/mol. The van der Waals surface area contributed by atoms with E-state index in [0.717, 1.165) is 10.3 Å². The standard InChI is InChI=1S/C8H9BrN6/c1-5(7-12-4-13-15-7)14-8-10-2-6(9)3-11-8/h2-5H,1H3,(H,10,11,14)(H,12,13,15). The first-order chi connectivity index (χ1) is 7.25. The molecule has 0 fully saturated rings. The molecule has 0 spiro atoms. The van der Waals surface area contributed by atoms with E-state index in [2.05, 4.69) is 46.4 Å². The lowest BCUT2D eigenvalue weighted by molar-refractivity contribution is 0.782. The second-order valence-electron chi connectivity index (χ2n) is 2.96. The maximum atomic E-state index is 4.10. The Balaban J connectivity index is 2.06. The molecule has 0 amide bonds. The van der Waals surface area contributed by atoms with Crippen LogP contribution < -0.4 is 5.32 Å². The van der Waals surface area contributed by atoms with Crippen LogP contribution in [0, 0.1) is 0 Å². The van der Waals surface area contributed by atoms with Gasteiger partial charge in [0.1, 0.15) is 12.2 Å². The summed E-state index contributed by atoms with van der Waals surface area (Å²) in [4.78, 5) is 12.2. The van der Waals surface area contributed by atoms with E-state index in [1.807, 2.05) is 6.92 Å². The van der Waals surface area contributed by atoms with E-state index in [0.29, 0.717) is 5.95 Å². The van der Waals surface area contributed by atoms with Crippen molar-refractivity contribution in [1.29, 1.82) is 0 Å². The number of nitrogens with one attached hydrogen (secondary N) is 2. The van der Waals surface area contributed by atoms with E-state index < -0.39 is 0 Å². The number of H-pyrrole nitrogens is 1. The van der Waals surface area contributed by atoms with Gasteiger partial charge in [0.25, 0.3) is 0 Å². The average molecular weight is 269 g/mol. The Morgan fingerprint density at radius 2 is 2.07 bits per heavy atom. The Morgan fingerprint density at radius 1 is 1.33 bits per heavy atom. The first-order valence-corrected chi connectivity index (χ1v) is 5.14. The first kappa shape index (κ1) is 10.0. The van der Waals surface area contributed by atoms with Gasteiger partial charge in [-0.2, -0.15) is 5.10 Å². The van der Waals surface area contributed by atoms with Gasteiger partial charge in [0, 0.05) is 12.4 Å². The van der Waals surface area contributed by atoms with Gasteiger partial charge in [-0.1, -0.05) is 0 Å². The third-order valence-electron chi connectivity index (χ3n) is 1.81. The molecule has 1 atom stereocenters. The first-order valence-electron chi connectivity index (χ1n) is 4.35. The zero-order chi connectivity index (χ0) is 10.7. The Bertz CT molecular complexity index is 411. The number of aromatic nitrogens is 5. The number of hydrogen-bond donors (Lipinski definition) is 2. The zero-order valence-electron chi connectivity index (χ0n) is 7.98. The van der Waals surface area contributed by atoms with Crippen LogP contribution in [0.2, 0.25) is 0 Å². The van der Waals surface area contributed by atoms with Crippen molar-refractivity contribution in [2.24, 2.45) is 0 Å². The van der Waals surface area contributed by atoms with Gasteiger partial charge in [0.15, 0.2) is 0 Å². The molecule has 2 rings (SSSR count). The fourth-order valence-corrected chi connectivity index (χ4v) is 1.28. The molecule has 78 valence electrons. The maximum absolute atomic E-state index is 4.10. The molecule has 0 aromatic carbocycles. The Kier molecular flexibility index (Phi) is 2.91. The molecule has 0 aliphatic carbocycles. The fraction of sp³-hybridized carbons (Fsp3) is 0.250. The largest absolute Gasteiger partial charge is 0.345 e. The lowest BCUT2D eigenvalue weighted by Crippen LogP contribution is -2.10. The molecule has 6 nitrogen and oxygen atoms in total. The Hall–Kier alpha value is -1.50. The normalized spacial score (nSPS) is 12.4. The van der Waals surface area contributed by atoms with Crippen molar-refractivity contribution in [1.82, 2.24) is 25.1 Å². The summed E-state index contributed by atoms with van der Waals surface area (Å²) in [5.41, 5.74) is 0. The van der Waals surface area contributed by atoms with Crippen LogP contribution in [-0.2, 0) is 0 Å². The minimum Gasteiger partial charge on any atom is -0.345 e. The van der Waals surface area contributed by atoms with E-state index in [4.69, 9.17) is 0 Å². The summed E-state index contributed by atoms with van der Waals surface area (Å²) in [7, 11) is 0. The fourth-order valence-electron chi connectivity index (χ4n) is 1.07. The summed E-state index contributed by atoms with van der Waals surface area (Å²) < 4.78 is 0.848.